The largest absolute Gasteiger partial charge is 0.337 e. The van der Waals surface area contributed by atoms with Crippen LogP contribution in [0.5, 0.6) is 0 Å². The van der Waals surface area contributed by atoms with E-state index < -0.39 is 0 Å². The second-order valence-electron chi connectivity index (χ2n) is 4.90. The molecule has 0 bridgehead atoms. The van der Waals surface area contributed by atoms with Gasteiger partial charge in [0.2, 0.25) is 0 Å². The first-order valence-electron chi connectivity index (χ1n) is 6.52. The molecule has 18 heavy (non-hydrogen) atoms. The van der Waals surface area contributed by atoms with Crippen molar-refractivity contribution in [1.82, 2.24) is 15.1 Å². The molecule has 2 aromatic rings. The summed E-state index contributed by atoms with van der Waals surface area (Å²) in [5, 5.41) is 8.01. The lowest BCUT2D eigenvalue weighted by molar-refractivity contribution is 0.0753. The Labute approximate surface area is 106 Å². The van der Waals surface area contributed by atoms with E-state index in [9.17, 15) is 4.79 Å². The standard InChI is InChI=1S/C14H17N3O/c1-2-17(9-10-7-8-10)14(18)13-11-5-3-4-6-12(11)15-16-13/h3-6,10H,2,7-9H2,1H3,(H,15,16). The lowest BCUT2D eigenvalue weighted by Crippen LogP contribution is -2.33. The smallest absolute Gasteiger partial charge is 0.274 e. The highest BCUT2D eigenvalue weighted by Crippen LogP contribution is 2.30. The molecule has 1 amide bonds. The van der Waals surface area contributed by atoms with Crippen LogP contribution in [0.25, 0.3) is 10.9 Å². The predicted molar refractivity (Wildman–Crippen MR) is 70.4 cm³/mol. The van der Waals surface area contributed by atoms with E-state index in [2.05, 4.69) is 10.2 Å². The molecule has 1 aromatic carbocycles. The second kappa shape index (κ2) is 4.44. The van der Waals surface area contributed by atoms with Crippen LogP contribution in [0.3, 0.4) is 0 Å². The number of para-hydroxylation sites is 1. The van der Waals surface area contributed by atoms with E-state index in [1.807, 2.05) is 36.1 Å². The van der Waals surface area contributed by atoms with Crippen molar-refractivity contribution in [2.45, 2.75) is 19.8 Å². The number of amides is 1. The minimum Gasteiger partial charge on any atom is -0.337 e. The number of fused-ring (bicyclic) bond motifs is 1. The number of aromatic nitrogens is 2. The van der Waals surface area contributed by atoms with Crippen molar-refractivity contribution >= 4 is 16.8 Å². The molecule has 1 aromatic heterocycles. The number of nitrogens with one attached hydrogen (secondary N) is 1. The van der Waals surface area contributed by atoms with Gasteiger partial charge in [0.25, 0.3) is 5.91 Å². The number of H-pyrrole nitrogens is 1. The number of nitrogens with zero attached hydrogens (tertiary/aromatic N) is 2. The number of hydrogen-bond acceptors (Lipinski definition) is 2. The molecule has 0 spiro atoms. The van der Waals surface area contributed by atoms with Crippen molar-refractivity contribution in [3.63, 3.8) is 0 Å². The zero-order valence-corrected chi connectivity index (χ0v) is 10.5. The van der Waals surface area contributed by atoms with Gasteiger partial charge in [-0.15, -0.1) is 0 Å². The van der Waals surface area contributed by atoms with Gasteiger partial charge in [0.1, 0.15) is 0 Å². The van der Waals surface area contributed by atoms with Gasteiger partial charge in [0.05, 0.1) is 5.52 Å². The third-order valence-corrected chi connectivity index (χ3v) is 3.52. The minimum atomic E-state index is 0.0434. The molecule has 3 rings (SSSR count). The maximum Gasteiger partial charge on any atom is 0.274 e. The van der Waals surface area contributed by atoms with Crippen LogP contribution in [0, 0.1) is 5.92 Å². The lowest BCUT2D eigenvalue weighted by atomic mass is 10.2. The summed E-state index contributed by atoms with van der Waals surface area (Å²) in [5.41, 5.74) is 1.47. The molecule has 4 nitrogen and oxygen atoms in total. The molecule has 4 heteroatoms. The number of aromatic amines is 1. The number of carbonyl (C=O) groups excluding carboxylic acids is 1. The van der Waals surface area contributed by atoms with E-state index in [0.29, 0.717) is 11.6 Å². The molecule has 1 aliphatic carbocycles. The van der Waals surface area contributed by atoms with Crippen LogP contribution in [0.15, 0.2) is 24.3 Å². The Morgan fingerprint density at radius 3 is 2.94 bits per heavy atom. The van der Waals surface area contributed by atoms with Crippen LogP contribution in [0.2, 0.25) is 0 Å². The molecule has 1 heterocycles. The molecule has 0 atom stereocenters. The van der Waals surface area contributed by atoms with Gasteiger partial charge >= 0.3 is 0 Å². The zero-order chi connectivity index (χ0) is 12.5. The highest BCUT2D eigenvalue weighted by atomic mass is 16.2. The van der Waals surface area contributed by atoms with Crippen molar-refractivity contribution in [3.8, 4) is 0 Å². The van der Waals surface area contributed by atoms with Gasteiger partial charge in [0, 0.05) is 18.5 Å². The van der Waals surface area contributed by atoms with Crippen molar-refractivity contribution in [1.29, 1.82) is 0 Å². The number of hydrogen-bond donors (Lipinski definition) is 1. The van der Waals surface area contributed by atoms with Gasteiger partial charge < -0.3 is 4.90 Å². The Morgan fingerprint density at radius 1 is 1.44 bits per heavy atom. The summed E-state index contributed by atoms with van der Waals surface area (Å²) >= 11 is 0. The van der Waals surface area contributed by atoms with E-state index in [-0.39, 0.29) is 5.91 Å². The van der Waals surface area contributed by atoms with Crippen molar-refractivity contribution in [2.24, 2.45) is 5.92 Å². The van der Waals surface area contributed by atoms with Crippen LogP contribution in [-0.4, -0.2) is 34.1 Å². The first kappa shape index (κ1) is 11.3. The van der Waals surface area contributed by atoms with E-state index in [0.717, 1.165) is 24.0 Å². The molecular formula is C14H17N3O. The molecule has 0 saturated heterocycles. The Bertz CT molecular complexity index is 571. The summed E-state index contributed by atoms with van der Waals surface area (Å²) in [6.45, 7) is 3.64. The molecule has 0 aliphatic heterocycles. The molecule has 1 fully saturated rings. The third-order valence-electron chi connectivity index (χ3n) is 3.52. The van der Waals surface area contributed by atoms with Gasteiger partial charge in [-0.05, 0) is 31.7 Å². The molecule has 1 saturated carbocycles. The van der Waals surface area contributed by atoms with E-state index in [4.69, 9.17) is 0 Å². The number of rotatable bonds is 4. The van der Waals surface area contributed by atoms with Crippen molar-refractivity contribution < 1.29 is 4.79 Å². The molecule has 0 unspecified atom stereocenters. The fraction of sp³-hybridized carbons (Fsp3) is 0.429. The van der Waals surface area contributed by atoms with E-state index in [1.165, 1.54) is 12.8 Å². The lowest BCUT2D eigenvalue weighted by Gasteiger charge is -2.19. The maximum atomic E-state index is 12.5. The Morgan fingerprint density at radius 2 is 2.22 bits per heavy atom. The van der Waals surface area contributed by atoms with Gasteiger partial charge in [0.15, 0.2) is 5.69 Å². The molecule has 1 aliphatic rings. The average Bonchev–Trinajstić information content (AvgIpc) is 3.12. The topological polar surface area (TPSA) is 49.0 Å². The van der Waals surface area contributed by atoms with Crippen LogP contribution < -0.4 is 0 Å². The molecular weight excluding hydrogens is 226 g/mol. The van der Waals surface area contributed by atoms with Crippen LogP contribution in [0.4, 0.5) is 0 Å². The van der Waals surface area contributed by atoms with Crippen LogP contribution in [-0.2, 0) is 0 Å². The fourth-order valence-electron chi connectivity index (χ4n) is 2.24. The first-order valence-corrected chi connectivity index (χ1v) is 6.52. The fourth-order valence-corrected chi connectivity index (χ4v) is 2.24. The average molecular weight is 243 g/mol. The number of benzene rings is 1. The van der Waals surface area contributed by atoms with Gasteiger partial charge in [-0.1, -0.05) is 18.2 Å². The summed E-state index contributed by atoms with van der Waals surface area (Å²) in [6.07, 6.45) is 2.51. The Balaban J connectivity index is 1.89. The monoisotopic (exact) mass is 243 g/mol. The first-order chi connectivity index (χ1) is 8.79. The predicted octanol–water partition coefficient (Wildman–Crippen LogP) is 2.44. The normalized spacial score (nSPS) is 14.9. The summed E-state index contributed by atoms with van der Waals surface area (Å²) in [4.78, 5) is 14.4. The van der Waals surface area contributed by atoms with E-state index in [1.54, 1.807) is 0 Å². The van der Waals surface area contributed by atoms with E-state index >= 15 is 0 Å². The van der Waals surface area contributed by atoms with Gasteiger partial charge in [-0.25, -0.2) is 0 Å². The van der Waals surface area contributed by atoms with Crippen LogP contribution in [0.1, 0.15) is 30.3 Å². The maximum absolute atomic E-state index is 12.5. The summed E-state index contributed by atoms with van der Waals surface area (Å²) in [5.74, 6) is 0.751. The second-order valence-corrected chi connectivity index (χ2v) is 4.90. The molecule has 1 N–H and O–H groups in total. The third kappa shape index (κ3) is 1.98. The van der Waals surface area contributed by atoms with Gasteiger partial charge in [-0.3, -0.25) is 9.89 Å². The summed E-state index contributed by atoms with van der Waals surface area (Å²) in [6, 6.07) is 7.76. The summed E-state index contributed by atoms with van der Waals surface area (Å²) < 4.78 is 0. The minimum absolute atomic E-state index is 0.0434. The SMILES string of the molecule is CCN(CC1CC1)C(=O)c1n[nH]c2ccccc12. The quantitative estimate of drug-likeness (QED) is 0.896. The summed E-state index contributed by atoms with van der Waals surface area (Å²) in [7, 11) is 0. The highest BCUT2D eigenvalue weighted by Gasteiger charge is 2.27. The highest BCUT2D eigenvalue weighted by molar-refractivity contribution is 6.04. The Hall–Kier alpha value is -1.84. The van der Waals surface area contributed by atoms with Crippen LogP contribution >= 0.6 is 0 Å². The number of carbonyl (C=O) groups is 1. The molecule has 0 radical (unpaired) electrons. The zero-order valence-electron chi connectivity index (χ0n) is 10.5. The molecule has 94 valence electrons. The van der Waals surface area contributed by atoms with Crippen molar-refractivity contribution in [2.75, 3.05) is 13.1 Å². The van der Waals surface area contributed by atoms with Crippen molar-refractivity contribution in [3.05, 3.63) is 30.0 Å². The van der Waals surface area contributed by atoms with Gasteiger partial charge in [-0.2, -0.15) is 5.10 Å². The Kier molecular flexibility index (Phi) is 2.78.